The molecule has 0 saturated heterocycles. The SMILES string of the molecule is O=C(O)CCCCNC(=O)c1cccc(-n2ccnn2)c1. The summed E-state index contributed by atoms with van der Waals surface area (Å²) in [5.41, 5.74) is 1.28. The van der Waals surface area contributed by atoms with E-state index in [0.717, 1.165) is 5.69 Å². The van der Waals surface area contributed by atoms with Crippen LogP contribution in [0.1, 0.15) is 29.6 Å². The number of hydrogen-bond donors (Lipinski definition) is 2. The summed E-state index contributed by atoms with van der Waals surface area (Å²) in [4.78, 5) is 22.4. The highest BCUT2D eigenvalue weighted by atomic mass is 16.4. The van der Waals surface area contributed by atoms with Crippen LogP contribution in [0.5, 0.6) is 0 Å². The van der Waals surface area contributed by atoms with Crippen molar-refractivity contribution < 1.29 is 14.7 Å². The number of hydrogen-bond acceptors (Lipinski definition) is 4. The van der Waals surface area contributed by atoms with E-state index in [0.29, 0.717) is 24.9 Å². The van der Waals surface area contributed by atoms with E-state index < -0.39 is 5.97 Å². The second-order valence-electron chi connectivity index (χ2n) is 4.50. The molecule has 0 bridgehead atoms. The molecule has 7 nitrogen and oxygen atoms in total. The van der Waals surface area contributed by atoms with E-state index in [1.54, 1.807) is 35.3 Å². The first-order valence-electron chi connectivity index (χ1n) is 6.63. The molecule has 0 aliphatic rings. The molecule has 110 valence electrons. The van der Waals surface area contributed by atoms with Gasteiger partial charge in [0.15, 0.2) is 0 Å². The first kappa shape index (κ1) is 14.7. The molecule has 0 unspecified atom stereocenters. The monoisotopic (exact) mass is 288 g/mol. The minimum Gasteiger partial charge on any atom is -0.481 e. The number of carbonyl (C=O) groups is 2. The highest BCUT2D eigenvalue weighted by molar-refractivity contribution is 5.94. The number of aliphatic carboxylic acids is 1. The molecule has 0 atom stereocenters. The van der Waals surface area contributed by atoms with E-state index in [1.807, 2.05) is 6.07 Å². The summed E-state index contributed by atoms with van der Waals surface area (Å²) in [5, 5.41) is 18.9. The second-order valence-corrected chi connectivity index (χ2v) is 4.50. The lowest BCUT2D eigenvalue weighted by molar-refractivity contribution is -0.137. The van der Waals surface area contributed by atoms with E-state index in [4.69, 9.17) is 5.11 Å². The normalized spacial score (nSPS) is 10.3. The van der Waals surface area contributed by atoms with Crippen molar-refractivity contribution in [3.8, 4) is 5.69 Å². The minimum absolute atomic E-state index is 0.123. The Hall–Kier alpha value is -2.70. The maximum Gasteiger partial charge on any atom is 0.303 e. The van der Waals surface area contributed by atoms with Gasteiger partial charge in [0.2, 0.25) is 0 Å². The van der Waals surface area contributed by atoms with Crippen molar-refractivity contribution in [3.63, 3.8) is 0 Å². The summed E-state index contributed by atoms with van der Waals surface area (Å²) in [6, 6.07) is 7.04. The van der Waals surface area contributed by atoms with Crippen molar-refractivity contribution >= 4 is 11.9 Å². The molecule has 1 amide bonds. The summed E-state index contributed by atoms with van der Waals surface area (Å²) in [6.07, 6.45) is 4.57. The van der Waals surface area contributed by atoms with Crippen LogP contribution in [-0.2, 0) is 4.79 Å². The van der Waals surface area contributed by atoms with E-state index in [9.17, 15) is 9.59 Å². The number of nitrogens with one attached hydrogen (secondary N) is 1. The standard InChI is InChI=1S/C14H16N4O3/c19-13(20)6-1-2-7-15-14(21)11-4-3-5-12(10-11)18-9-8-16-17-18/h3-5,8-10H,1-2,6-7H2,(H,15,21)(H,19,20). The molecule has 21 heavy (non-hydrogen) atoms. The van der Waals surface area contributed by atoms with Gasteiger partial charge in [-0.05, 0) is 31.0 Å². The van der Waals surface area contributed by atoms with Crippen LogP contribution in [0.15, 0.2) is 36.7 Å². The Morgan fingerprint density at radius 1 is 1.29 bits per heavy atom. The Morgan fingerprint density at radius 2 is 2.14 bits per heavy atom. The number of carboxylic acid groups (broad SMARTS) is 1. The zero-order valence-corrected chi connectivity index (χ0v) is 11.4. The number of carboxylic acids is 1. The van der Waals surface area contributed by atoms with Crippen molar-refractivity contribution in [2.45, 2.75) is 19.3 Å². The summed E-state index contributed by atoms with van der Waals surface area (Å²) >= 11 is 0. The maximum absolute atomic E-state index is 12.0. The molecule has 1 aromatic carbocycles. The first-order valence-corrected chi connectivity index (χ1v) is 6.63. The van der Waals surface area contributed by atoms with E-state index >= 15 is 0 Å². The molecule has 0 saturated carbocycles. The largest absolute Gasteiger partial charge is 0.481 e. The molecular formula is C14H16N4O3. The Labute approximate surface area is 121 Å². The Kier molecular flexibility index (Phi) is 5.03. The molecule has 0 aliphatic carbocycles. The molecule has 1 aromatic heterocycles. The lowest BCUT2D eigenvalue weighted by Gasteiger charge is -2.06. The number of carbonyl (C=O) groups excluding carboxylic acids is 1. The Morgan fingerprint density at radius 3 is 2.86 bits per heavy atom. The van der Waals surface area contributed by atoms with Gasteiger partial charge in [-0.15, -0.1) is 5.10 Å². The van der Waals surface area contributed by atoms with Crippen molar-refractivity contribution in [2.75, 3.05) is 6.54 Å². The predicted octanol–water partition coefficient (Wildman–Crippen LogP) is 1.25. The van der Waals surface area contributed by atoms with Gasteiger partial charge in [0.05, 0.1) is 18.1 Å². The van der Waals surface area contributed by atoms with E-state index in [-0.39, 0.29) is 12.3 Å². The van der Waals surface area contributed by atoms with Gasteiger partial charge < -0.3 is 10.4 Å². The van der Waals surface area contributed by atoms with E-state index in [1.165, 1.54) is 0 Å². The average Bonchev–Trinajstić information content (AvgIpc) is 3.01. The van der Waals surface area contributed by atoms with Crippen LogP contribution in [0.25, 0.3) is 5.69 Å². The lowest BCUT2D eigenvalue weighted by Crippen LogP contribution is -2.24. The second kappa shape index (κ2) is 7.18. The number of benzene rings is 1. The summed E-state index contributed by atoms with van der Waals surface area (Å²) in [6.45, 7) is 0.458. The number of rotatable bonds is 7. The van der Waals surface area contributed by atoms with Gasteiger partial charge in [-0.2, -0.15) is 0 Å². The Balaban J connectivity index is 1.88. The average molecular weight is 288 g/mol. The molecule has 2 N–H and O–H groups in total. The molecular weight excluding hydrogens is 272 g/mol. The summed E-state index contributed by atoms with van der Waals surface area (Å²) < 4.78 is 1.57. The molecule has 7 heteroatoms. The van der Waals surface area contributed by atoms with Gasteiger partial charge >= 0.3 is 5.97 Å². The third kappa shape index (κ3) is 4.41. The van der Waals surface area contributed by atoms with Crippen LogP contribution < -0.4 is 5.32 Å². The quantitative estimate of drug-likeness (QED) is 0.747. The third-order valence-corrected chi connectivity index (χ3v) is 2.90. The van der Waals surface area contributed by atoms with Crippen LogP contribution in [-0.4, -0.2) is 38.5 Å². The summed E-state index contributed by atoms with van der Waals surface area (Å²) in [5.74, 6) is -1.01. The molecule has 1 heterocycles. The Bertz CT molecular complexity index is 610. The van der Waals surface area contributed by atoms with E-state index in [2.05, 4.69) is 15.6 Å². The van der Waals surface area contributed by atoms with Gasteiger partial charge in [0, 0.05) is 18.5 Å². The first-order chi connectivity index (χ1) is 10.2. The van der Waals surface area contributed by atoms with Crippen LogP contribution in [0.4, 0.5) is 0 Å². The smallest absolute Gasteiger partial charge is 0.303 e. The van der Waals surface area contributed by atoms with Gasteiger partial charge in [0.25, 0.3) is 5.91 Å². The number of nitrogens with zero attached hydrogens (tertiary/aromatic N) is 3. The zero-order valence-electron chi connectivity index (χ0n) is 11.4. The number of unbranched alkanes of at least 4 members (excludes halogenated alkanes) is 1. The van der Waals surface area contributed by atoms with Gasteiger partial charge in [-0.1, -0.05) is 11.3 Å². The van der Waals surface area contributed by atoms with Gasteiger partial charge in [0.1, 0.15) is 0 Å². The van der Waals surface area contributed by atoms with Gasteiger partial charge in [-0.25, -0.2) is 4.68 Å². The minimum atomic E-state index is -0.818. The number of amides is 1. The zero-order chi connectivity index (χ0) is 15.1. The van der Waals surface area contributed by atoms with Crippen LogP contribution >= 0.6 is 0 Å². The van der Waals surface area contributed by atoms with Crippen LogP contribution in [0, 0.1) is 0 Å². The third-order valence-electron chi connectivity index (χ3n) is 2.90. The molecule has 2 rings (SSSR count). The van der Waals surface area contributed by atoms with Gasteiger partial charge in [-0.3, -0.25) is 9.59 Å². The molecule has 0 aliphatic heterocycles. The highest BCUT2D eigenvalue weighted by Crippen LogP contribution is 2.09. The molecule has 2 aromatic rings. The fourth-order valence-electron chi connectivity index (χ4n) is 1.84. The number of aromatic nitrogens is 3. The molecule has 0 fully saturated rings. The topological polar surface area (TPSA) is 97.1 Å². The van der Waals surface area contributed by atoms with Crippen LogP contribution in [0.2, 0.25) is 0 Å². The summed E-state index contributed by atoms with van der Waals surface area (Å²) in [7, 11) is 0. The van der Waals surface area contributed by atoms with Crippen molar-refractivity contribution in [1.29, 1.82) is 0 Å². The maximum atomic E-state index is 12.0. The fraction of sp³-hybridized carbons (Fsp3) is 0.286. The van der Waals surface area contributed by atoms with Crippen molar-refractivity contribution in [1.82, 2.24) is 20.3 Å². The van der Waals surface area contributed by atoms with Crippen molar-refractivity contribution in [3.05, 3.63) is 42.2 Å². The predicted molar refractivity (Wildman–Crippen MR) is 75.2 cm³/mol. The highest BCUT2D eigenvalue weighted by Gasteiger charge is 2.07. The molecule has 0 radical (unpaired) electrons. The lowest BCUT2D eigenvalue weighted by atomic mass is 10.2. The molecule has 0 spiro atoms. The van der Waals surface area contributed by atoms with Crippen LogP contribution in [0.3, 0.4) is 0 Å². The fourth-order valence-corrected chi connectivity index (χ4v) is 1.84. The van der Waals surface area contributed by atoms with Crippen molar-refractivity contribution in [2.24, 2.45) is 0 Å².